The van der Waals surface area contributed by atoms with E-state index >= 15 is 0 Å². The monoisotopic (exact) mass is 509 g/mol. The average Bonchev–Trinajstić information content (AvgIpc) is 2.83. The number of carbonyl (C=O) groups excluding carboxylic acids is 1. The van der Waals surface area contributed by atoms with Gasteiger partial charge in [-0.15, -0.1) is 0 Å². The van der Waals surface area contributed by atoms with E-state index in [1.807, 2.05) is 81.4 Å². The fourth-order valence-electron chi connectivity index (χ4n) is 3.80. The Hall–Kier alpha value is -2.96. The molecule has 0 amide bonds. The number of halogens is 1. The summed E-state index contributed by atoms with van der Waals surface area (Å²) in [6.45, 7) is 10.9. The number of esters is 1. The maximum Gasteiger partial charge on any atom is 0.332 e. The molecule has 0 aliphatic carbocycles. The van der Waals surface area contributed by atoms with Crippen molar-refractivity contribution in [1.29, 1.82) is 0 Å². The summed E-state index contributed by atoms with van der Waals surface area (Å²) in [7, 11) is 0. The van der Waals surface area contributed by atoms with Crippen LogP contribution in [-0.2, 0) is 14.3 Å². The van der Waals surface area contributed by atoms with Gasteiger partial charge in [0, 0.05) is 30.3 Å². The van der Waals surface area contributed by atoms with Gasteiger partial charge < -0.3 is 14.4 Å². The van der Waals surface area contributed by atoms with Crippen molar-refractivity contribution >= 4 is 23.4 Å². The van der Waals surface area contributed by atoms with Crippen molar-refractivity contribution in [3.8, 4) is 22.5 Å². The number of ether oxygens (including phenoxy) is 2. The Morgan fingerprint density at radius 1 is 0.917 bits per heavy atom. The van der Waals surface area contributed by atoms with Crippen LogP contribution in [0.1, 0.15) is 47.5 Å². The molecule has 0 saturated heterocycles. The highest BCUT2D eigenvalue weighted by Gasteiger charge is 2.21. The highest BCUT2D eigenvalue weighted by molar-refractivity contribution is 6.32. The third-order valence-electron chi connectivity index (χ3n) is 5.40. The third-order valence-corrected chi connectivity index (χ3v) is 5.66. The lowest BCUT2D eigenvalue weighted by atomic mass is 10.0. The van der Waals surface area contributed by atoms with Crippen molar-refractivity contribution in [2.75, 3.05) is 24.7 Å². The summed E-state index contributed by atoms with van der Waals surface area (Å²) >= 11 is 6.74. The van der Waals surface area contributed by atoms with Crippen molar-refractivity contribution in [2.45, 2.75) is 59.1 Å². The molecule has 7 heteroatoms. The van der Waals surface area contributed by atoms with E-state index in [-0.39, 0.29) is 18.6 Å². The van der Waals surface area contributed by atoms with Gasteiger partial charge in [-0.05, 0) is 47.5 Å². The lowest BCUT2D eigenvalue weighted by Gasteiger charge is -2.29. The summed E-state index contributed by atoms with van der Waals surface area (Å²) in [6, 6.07) is 20.2. The molecule has 192 valence electrons. The van der Waals surface area contributed by atoms with Gasteiger partial charge in [0.05, 0.1) is 11.4 Å². The quantitative estimate of drug-likeness (QED) is 0.209. The van der Waals surface area contributed by atoms with Crippen LogP contribution >= 0.6 is 11.6 Å². The molecule has 6 nitrogen and oxygen atoms in total. The fraction of sp³-hybridized carbons (Fsp3) is 0.414. The molecule has 0 fully saturated rings. The predicted octanol–water partition coefficient (Wildman–Crippen LogP) is 6.82. The van der Waals surface area contributed by atoms with Crippen molar-refractivity contribution in [1.82, 2.24) is 9.97 Å². The number of anilines is 1. The van der Waals surface area contributed by atoms with Gasteiger partial charge in [0.2, 0.25) is 0 Å². The van der Waals surface area contributed by atoms with E-state index in [1.54, 1.807) is 0 Å². The van der Waals surface area contributed by atoms with Crippen molar-refractivity contribution < 1.29 is 14.3 Å². The van der Waals surface area contributed by atoms with Crippen LogP contribution < -0.4 is 4.90 Å². The number of benzene rings is 2. The number of hydrogen-bond acceptors (Lipinski definition) is 6. The zero-order chi connectivity index (χ0) is 26.1. The molecule has 0 radical (unpaired) electrons. The van der Waals surface area contributed by atoms with Gasteiger partial charge in [-0.1, -0.05) is 72.3 Å². The number of aromatic nitrogens is 2. The zero-order valence-corrected chi connectivity index (χ0v) is 22.6. The smallest absolute Gasteiger partial charge is 0.332 e. The van der Waals surface area contributed by atoms with Crippen LogP contribution in [-0.4, -0.2) is 47.3 Å². The molecule has 0 N–H and O–H groups in total. The predicted molar refractivity (Wildman–Crippen MR) is 146 cm³/mol. The van der Waals surface area contributed by atoms with E-state index in [9.17, 15) is 4.79 Å². The largest absolute Gasteiger partial charge is 0.458 e. The molecule has 0 atom stereocenters. The minimum Gasteiger partial charge on any atom is -0.458 e. The first-order valence-electron chi connectivity index (χ1n) is 12.4. The fourth-order valence-corrected chi connectivity index (χ4v) is 4.04. The Morgan fingerprint density at radius 3 is 2.00 bits per heavy atom. The molecule has 36 heavy (non-hydrogen) atoms. The van der Waals surface area contributed by atoms with E-state index in [0.717, 1.165) is 41.9 Å². The molecule has 0 spiro atoms. The maximum absolute atomic E-state index is 11.8. The molecular weight excluding hydrogens is 474 g/mol. The number of unbranched alkanes of at least 4 members (excludes halogenated alkanes) is 1. The summed E-state index contributed by atoms with van der Waals surface area (Å²) in [5, 5.41) is 0.378. The van der Waals surface area contributed by atoms with Gasteiger partial charge in [0.1, 0.15) is 12.2 Å². The first kappa shape index (κ1) is 27.6. The number of nitrogens with zero attached hydrogens (tertiary/aromatic N) is 3. The number of rotatable bonds is 11. The van der Waals surface area contributed by atoms with Crippen molar-refractivity contribution in [3.63, 3.8) is 0 Å². The van der Waals surface area contributed by atoms with Gasteiger partial charge in [0.25, 0.3) is 0 Å². The van der Waals surface area contributed by atoms with Crippen LogP contribution in [0.25, 0.3) is 22.5 Å². The summed E-state index contributed by atoms with van der Waals surface area (Å²) in [6.07, 6.45) is 1.65. The zero-order valence-electron chi connectivity index (χ0n) is 21.8. The van der Waals surface area contributed by atoms with Crippen LogP contribution in [0.15, 0.2) is 60.7 Å². The number of carbonyl (C=O) groups is 1. The Bertz CT molecular complexity index is 1120. The Kier molecular flexibility index (Phi) is 9.85. The highest BCUT2D eigenvalue weighted by Crippen LogP contribution is 2.35. The van der Waals surface area contributed by atoms with Crippen LogP contribution in [0, 0.1) is 0 Å². The molecule has 3 aromatic rings. The number of hydrogen-bond donors (Lipinski definition) is 0. The van der Waals surface area contributed by atoms with Crippen LogP contribution in [0.2, 0.25) is 5.15 Å². The summed E-state index contributed by atoms with van der Waals surface area (Å²) in [5.41, 5.74) is 3.01. The van der Waals surface area contributed by atoms with Gasteiger partial charge in [-0.3, -0.25) is 0 Å². The molecule has 2 aromatic carbocycles. The molecule has 0 aliphatic heterocycles. The maximum atomic E-state index is 11.8. The summed E-state index contributed by atoms with van der Waals surface area (Å²) < 4.78 is 10.8. The second kappa shape index (κ2) is 12.8. The van der Waals surface area contributed by atoms with E-state index in [1.165, 1.54) is 0 Å². The van der Waals surface area contributed by atoms with Gasteiger partial charge in [-0.2, -0.15) is 0 Å². The molecule has 0 bridgehead atoms. The minimum absolute atomic E-state index is 0.0378. The van der Waals surface area contributed by atoms with Gasteiger partial charge >= 0.3 is 5.97 Å². The van der Waals surface area contributed by atoms with Gasteiger partial charge in [-0.25, -0.2) is 14.8 Å². The Morgan fingerprint density at radius 2 is 1.47 bits per heavy atom. The van der Waals surface area contributed by atoms with E-state index in [4.69, 9.17) is 31.0 Å². The minimum atomic E-state index is -0.507. The SMILES string of the molecule is CC(C)N(CCCCOCC(=O)OC(C)(C)C)c1nc(-c2ccccc2)c(-c2ccccc2)nc1Cl. The lowest BCUT2D eigenvalue weighted by Crippen LogP contribution is -2.33. The van der Waals surface area contributed by atoms with E-state index in [2.05, 4.69) is 18.7 Å². The van der Waals surface area contributed by atoms with Gasteiger partial charge in [0.15, 0.2) is 11.0 Å². The Labute approximate surface area is 219 Å². The molecule has 1 aromatic heterocycles. The van der Waals surface area contributed by atoms with Crippen molar-refractivity contribution in [2.24, 2.45) is 0 Å². The molecule has 3 rings (SSSR count). The highest BCUT2D eigenvalue weighted by atomic mass is 35.5. The van der Waals surface area contributed by atoms with Crippen LogP contribution in [0.5, 0.6) is 0 Å². The van der Waals surface area contributed by atoms with Crippen LogP contribution in [0.3, 0.4) is 0 Å². The van der Waals surface area contributed by atoms with E-state index in [0.29, 0.717) is 17.6 Å². The molecule has 0 unspecified atom stereocenters. The first-order valence-corrected chi connectivity index (χ1v) is 12.8. The lowest BCUT2D eigenvalue weighted by molar-refractivity contribution is -0.160. The molecular formula is C29H36ClN3O3. The summed E-state index contributed by atoms with van der Waals surface area (Å²) in [4.78, 5) is 23.8. The topological polar surface area (TPSA) is 64.5 Å². The molecule has 0 saturated carbocycles. The van der Waals surface area contributed by atoms with Crippen LogP contribution in [0.4, 0.5) is 5.82 Å². The second-order valence-corrected chi connectivity index (χ2v) is 10.3. The second-order valence-electron chi connectivity index (χ2n) is 9.90. The summed E-state index contributed by atoms with van der Waals surface area (Å²) in [5.74, 6) is 0.320. The molecule has 0 aliphatic rings. The average molecular weight is 510 g/mol. The Balaban J connectivity index is 1.74. The molecule has 1 heterocycles. The first-order chi connectivity index (χ1) is 17.2. The standard InChI is InChI=1S/C29H36ClN3O3/c1-21(2)33(18-12-13-19-35-20-24(34)36-29(3,4)5)28-27(30)31-25(22-14-8-6-9-15-22)26(32-28)23-16-10-7-11-17-23/h6-11,14-17,21H,12-13,18-20H2,1-5H3. The van der Waals surface area contributed by atoms with Crippen molar-refractivity contribution in [3.05, 3.63) is 65.8 Å². The normalized spacial score (nSPS) is 11.5. The van der Waals surface area contributed by atoms with E-state index < -0.39 is 5.60 Å². The third kappa shape index (κ3) is 8.04.